The number of ether oxygens (including phenoxy) is 3. The summed E-state index contributed by atoms with van der Waals surface area (Å²) in [5, 5.41) is 0. The van der Waals surface area contributed by atoms with Gasteiger partial charge in [0.05, 0.1) is 6.61 Å². The van der Waals surface area contributed by atoms with Crippen LogP contribution in [-0.4, -0.2) is 24.3 Å². The number of benzene rings is 3. The van der Waals surface area contributed by atoms with Gasteiger partial charge in [-0.15, -0.1) is 0 Å². The standard InChI is InChI=1S/C28H29NO4/c1-3-30-19-26(33-25-12-8-5-9-13-25)18-22-14-16-24(17-15-22)31-20-27-21(2)32-28(29-27)23-10-6-4-7-11-23/h4-17,26H,3,18-20H2,1-2H3/t26-/m0/s1. The summed E-state index contributed by atoms with van der Waals surface area (Å²) in [7, 11) is 0. The molecule has 0 fully saturated rings. The van der Waals surface area contributed by atoms with Crippen LogP contribution in [0.2, 0.25) is 0 Å². The SMILES string of the molecule is CCOC[C@H](Cc1ccc(OCc2nc(-c3ccccc3)oc2C)cc1)Oc1ccccc1. The maximum atomic E-state index is 6.13. The molecule has 1 heterocycles. The van der Waals surface area contributed by atoms with Gasteiger partial charge in [-0.1, -0.05) is 48.5 Å². The summed E-state index contributed by atoms with van der Waals surface area (Å²) < 4.78 is 23.5. The summed E-state index contributed by atoms with van der Waals surface area (Å²) in [6.45, 7) is 5.46. The highest BCUT2D eigenvalue weighted by atomic mass is 16.5. The lowest BCUT2D eigenvalue weighted by Gasteiger charge is -2.19. The number of hydrogen-bond donors (Lipinski definition) is 0. The first-order valence-corrected chi connectivity index (χ1v) is 11.2. The molecule has 0 radical (unpaired) electrons. The van der Waals surface area contributed by atoms with Crippen molar-refractivity contribution in [1.29, 1.82) is 0 Å². The number of para-hydroxylation sites is 1. The maximum absolute atomic E-state index is 6.13. The average Bonchev–Trinajstić information content (AvgIpc) is 3.24. The third kappa shape index (κ3) is 6.46. The van der Waals surface area contributed by atoms with E-state index < -0.39 is 0 Å². The minimum absolute atomic E-state index is 0.0618. The van der Waals surface area contributed by atoms with Crippen molar-refractivity contribution in [3.63, 3.8) is 0 Å². The van der Waals surface area contributed by atoms with Gasteiger partial charge in [0.1, 0.15) is 35.7 Å². The van der Waals surface area contributed by atoms with Crippen LogP contribution >= 0.6 is 0 Å². The molecule has 0 aliphatic carbocycles. The largest absolute Gasteiger partial charge is 0.488 e. The van der Waals surface area contributed by atoms with Gasteiger partial charge in [-0.25, -0.2) is 4.98 Å². The third-order valence-corrected chi connectivity index (χ3v) is 5.23. The molecule has 5 nitrogen and oxygen atoms in total. The zero-order valence-electron chi connectivity index (χ0n) is 19.1. The lowest BCUT2D eigenvalue weighted by Crippen LogP contribution is -2.25. The molecule has 1 atom stereocenters. The molecule has 3 aromatic carbocycles. The fraction of sp³-hybridized carbons (Fsp3) is 0.250. The van der Waals surface area contributed by atoms with Crippen molar-refractivity contribution in [2.75, 3.05) is 13.2 Å². The first-order chi connectivity index (χ1) is 16.2. The van der Waals surface area contributed by atoms with E-state index in [-0.39, 0.29) is 6.10 Å². The number of rotatable bonds is 11. The predicted octanol–water partition coefficient (Wildman–Crippen LogP) is 6.26. The van der Waals surface area contributed by atoms with Crippen molar-refractivity contribution < 1.29 is 18.6 Å². The van der Waals surface area contributed by atoms with Crippen LogP contribution in [0.4, 0.5) is 0 Å². The third-order valence-electron chi connectivity index (χ3n) is 5.23. The molecular weight excluding hydrogens is 414 g/mol. The summed E-state index contributed by atoms with van der Waals surface area (Å²) >= 11 is 0. The van der Waals surface area contributed by atoms with E-state index in [0.29, 0.717) is 25.7 Å². The second kappa shape index (κ2) is 11.3. The van der Waals surface area contributed by atoms with Gasteiger partial charge in [-0.3, -0.25) is 0 Å². The van der Waals surface area contributed by atoms with Crippen LogP contribution in [0.15, 0.2) is 89.3 Å². The van der Waals surface area contributed by atoms with Gasteiger partial charge < -0.3 is 18.6 Å². The Morgan fingerprint density at radius 2 is 1.55 bits per heavy atom. The second-order valence-electron chi connectivity index (χ2n) is 7.74. The number of hydrogen-bond acceptors (Lipinski definition) is 5. The van der Waals surface area contributed by atoms with E-state index >= 15 is 0 Å². The molecule has 1 aromatic heterocycles. The lowest BCUT2D eigenvalue weighted by atomic mass is 10.1. The molecule has 0 spiro atoms. The Balaban J connectivity index is 1.35. The Morgan fingerprint density at radius 3 is 2.24 bits per heavy atom. The molecule has 0 aliphatic heterocycles. The summed E-state index contributed by atoms with van der Waals surface area (Å²) in [6.07, 6.45) is 0.686. The van der Waals surface area contributed by atoms with Crippen molar-refractivity contribution in [3.8, 4) is 23.0 Å². The normalized spacial score (nSPS) is 11.8. The fourth-order valence-electron chi connectivity index (χ4n) is 3.48. The molecule has 4 rings (SSSR count). The Bertz CT molecular complexity index is 1110. The van der Waals surface area contributed by atoms with E-state index in [2.05, 4.69) is 17.1 Å². The van der Waals surface area contributed by atoms with Crippen LogP contribution in [0, 0.1) is 6.92 Å². The Kier molecular flexibility index (Phi) is 7.77. The second-order valence-corrected chi connectivity index (χ2v) is 7.74. The zero-order chi connectivity index (χ0) is 22.9. The van der Waals surface area contributed by atoms with Gasteiger partial charge >= 0.3 is 0 Å². The summed E-state index contributed by atoms with van der Waals surface area (Å²) in [4.78, 5) is 4.60. The molecule has 0 bridgehead atoms. The molecule has 0 unspecified atom stereocenters. The van der Waals surface area contributed by atoms with E-state index in [0.717, 1.165) is 40.5 Å². The van der Waals surface area contributed by atoms with Gasteiger partial charge in [0.2, 0.25) is 5.89 Å². The van der Waals surface area contributed by atoms with E-state index in [1.807, 2.05) is 86.6 Å². The number of aromatic nitrogens is 1. The first-order valence-electron chi connectivity index (χ1n) is 11.2. The van der Waals surface area contributed by atoms with E-state index in [1.165, 1.54) is 0 Å². The highest BCUT2D eigenvalue weighted by Gasteiger charge is 2.14. The van der Waals surface area contributed by atoms with Crippen LogP contribution in [0.5, 0.6) is 11.5 Å². The van der Waals surface area contributed by atoms with Crippen LogP contribution in [0.1, 0.15) is 23.9 Å². The Morgan fingerprint density at radius 1 is 0.848 bits per heavy atom. The maximum Gasteiger partial charge on any atom is 0.226 e. The van der Waals surface area contributed by atoms with Gasteiger partial charge in [-0.2, -0.15) is 0 Å². The van der Waals surface area contributed by atoms with Crippen molar-refractivity contribution in [2.24, 2.45) is 0 Å². The number of aryl methyl sites for hydroxylation is 1. The fourth-order valence-corrected chi connectivity index (χ4v) is 3.48. The van der Waals surface area contributed by atoms with Crippen molar-refractivity contribution >= 4 is 0 Å². The van der Waals surface area contributed by atoms with E-state index in [1.54, 1.807) is 0 Å². The monoisotopic (exact) mass is 443 g/mol. The summed E-state index contributed by atoms with van der Waals surface area (Å²) in [5.41, 5.74) is 2.91. The van der Waals surface area contributed by atoms with Gasteiger partial charge in [0, 0.05) is 18.6 Å². The molecular formula is C28H29NO4. The summed E-state index contributed by atoms with van der Waals surface area (Å²) in [6, 6.07) is 27.8. The van der Waals surface area contributed by atoms with Crippen molar-refractivity contribution in [2.45, 2.75) is 33.0 Å². The minimum atomic E-state index is -0.0618. The summed E-state index contributed by atoms with van der Waals surface area (Å²) in [5.74, 6) is 3.01. The first kappa shape index (κ1) is 22.6. The van der Waals surface area contributed by atoms with Crippen LogP contribution in [0.25, 0.3) is 11.5 Å². The highest BCUT2D eigenvalue weighted by Crippen LogP contribution is 2.23. The predicted molar refractivity (Wildman–Crippen MR) is 129 cm³/mol. The smallest absolute Gasteiger partial charge is 0.226 e. The molecule has 0 N–H and O–H groups in total. The molecule has 0 aliphatic rings. The molecule has 33 heavy (non-hydrogen) atoms. The molecule has 0 amide bonds. The molecule has 170 valence electrons. The van der Waals surface area contributed by atoms with Crippen molar-refractivity contribution in [1.82, 2.24) is 4.98 Å². The van der Waals surface area contributed by atoms with E-state index in [9.17, 15) is 0 Å². The molecule has 0 saturated carbocycles. The Hall–Kier alpha value is -3.57. The van der Waals surface area contributed by atoms with Crippen LogP contribution in [-0.2, 0) is 17.8 Å². The van der Waals surface area contributed by atoms with Crippen LogP contribution < -0.4 is 9.47 Å². The molecule has 5 heteroatoms. The Labute approximate surface area is 195 Å². The van der Waals surface area contributed by atoms with Crippen molar-refractivity contribution in [3.05, 3.63) is 102 Å². The van der Waals surface area contributed by atoms with Gasteiger partial charge in [0.15, 0.2) is 0 Å². The molecule has 0 saturated heterocycles. The van der Waals surface area contributed by atoms with Gasteiger partial charge in [0.25, 0.3) is 0 Å². The topological polar surface area (TPSA) is 53.7 Å². The molecule has 4 aromatic rings. The number of oxazole rings is 1. The van der Waals surface area contributed by atoms with E-state index in [4.69, 9.17) is 18.6 Å². The average molecular weight is 444 g/mol. The zero-order valence-corrected chi connectivity index (χ0v) is 19.1. The lowest BCUT2D eigenvalue weighted by molar-refractivity contribution is 0.0567. The number of nitrogens with zero attached hydrogens (tertiary/aromatic N) is 1. The van der Waals surface area contributed by atoms with Gasteiger partial charge in [-0.05, 0) is 55.8 Å². The quantitative estimate of drug-likeness (QED) is 0.274. The highest BCUT2D eigenvalue weighted by molar-refractivity contribution is 5.53. The van der Waals surface area contributed by atoms with Crippen LogP contribution in [0.3, 0.4) is 0 Å². The minimum Gasteiger partial charge on any atom is -0.488 e.